The van der Waals surface area contributed by atoms with Crippen LogP contribution in [0.1, 0.15) is 34.6 Å². The Hall–Kier alpha value is 0.137. The topological polar surface area (TPSA) is 29.5 Å². The van der Waals surface area contributed by atoms with E-state index in [0.29, 0.717) is 0 Å². The average molecular weight is 218 g/mol. The molecule has 0 aliphatic carbocycles. The van der Waals surface area contributed by atoms with Crippen LogP contribution in [0.4, 0.5) is 0 Å². The summed E-state index contributed by atoms with van der Waals surface area (Å²) >= 11 is 0. The summed E-state index contributed by atoms with van der Waals surface area (Å²) in [4.78, 5) is 0. The molecule has 2 unspecified atom stereocenters. The first-order valence-corrected chi connectivity index (χ1v) is 8.31. The molecule has 0 bridgehead atoms. The molecule has 0 saturated heterocycles. The summed E-state index contributed by atoms with van der Waals surface area (Å²) in [6, 6.07) is 0. The lowest BCUT2D eigenvalue weighted by atomic mass is 10.1. The number of hydrogen-bond donors (Lipinski definition) is 1. The highest BCUT2D eigenvalue weighted by Crippen LogP contribution is 2.37. The van der Waals surface area contributed by atoms with Crippen molar-refractivity contribution in [3.05, 3.63) is 0 Å². The third-order valence-electron chi connectivity index (χ3n) is 3.38. The van der Waals surface area contributed by atoms with Gasteiger partial charge in [-0.15, -0.1) is 0 Å². The van der Waals surface area contributed by atoms with Gasteiger partial charge >= 0.3 is 0 Å². The van der Waals surface area contributed by atoms with Crippen LogP contribution < -0.4 is 0 Å². The molecule has 2 nitrogen and oxygen atoms in total. The van der Waals surface area contributed by atoms with Gasteiger partial charge in [0.2, 0.25) is 0 Å². The smallest absolute Gasteiger partial charge is 0.192 e. The Morgan fingerprint density at radius 1 is 1.21 bits per heavy atom. The van der Waals surface area contributed by atoms with E-state index in [1.165, 1.54) is 0 Å². The predicted octanol–water partition coefficient (Wildman–Crippen LogP) is 3.03. The molecule has 0 amide bonds. The minimum absolute atomic E-state index is 0.154. The van der Waals surface area contributed by atoms with E-state index in [2.05, 4.69) is 40.8 Å². The van der Waals surface area contributed by atoms with Crippen molar-refractivity contribution in [2.45, 2.75) is 58.9 Å². The van der Waals surface area contributed by atoms with Gasteiger partial charge < -0.3 is 9.53 Å². The Balaban J connectivity index is 4.36. The molecule has 3 heteroatoms. The summed E-state index contributed by atoms with van der Waals surface area (Å²) in [5.74, 6) is 0.226. The van der Waals surface area contributed by atoms with Gasteiger partial charge in [-0.1, -0.05) is 27.7 Å². The third-order valence-corrected chi connectivity index (χ3v) is 7.95. The Morgan fingerprint density at radius 3 is 1.93 bits per heavy atom. The van der Waals surface area contributed by atoms with Crippen molar-refractivity contribution in [2.75, 3.05) is 6.61 Å². The molecule has 0 aromatic heterocycles. The van der Waals surface area contributed by atoms with Gasteiger partial charge in [0.25, 0.3) is 0 Å². The lowest BCUT2D eigenvalue weighted by Crippen LogP contribution is -2.45. The molecule has 86 valence electrons. The van der Waals surface area contributed by atoms with Crippen LogP contribution in [0.25, 0.3) is 0 Å². The van der Waals surface area contributed by atoms with Crippen molar-refractivity contribution in [3.63, 3.8) is 0 Å². The molecule has 0 rings (SSSR count). The van der Waals surface area contributed by atoms with Gasteiger partial charge in [-0.3, -0.25) is 0 Å². The van der Waals surface area contributed by atoms with Crippen LogP contribution in [0.2, 0.25) is 18.1 Å². The van der Waals surface area contributed by atoms with Crippen LogP contribution in [0.3, 0.4) is 0 Å². The van der Waals surface area contributed by atoms with Crippen molar-refractivity contribution >= 4 is 8.32 Å². The molecule has 0 fully saturated rings. The first kappa shape index (κ1) is 14.1. The highest BCUT2D eigenvalue weighted by molar-refractivity contribution is 6.74. The second kappa shape index (κ2) is 4.77. The summed E-state index contributed by atoms with van der Waals surface area (Å²) < 4.78 is 6.13. The van der Waals surface area contributed by atoms with E-state index in [0.717, 1.165) is 0 Å². The molecule has 0 spiro atoms. The number of hydrogen-bond acceptors (Lipinski definition) is 2. The molecule has 0 aliphatic heterocycles. The second-order valence-electron chi connectivity index (χ2n) is 5.74. The first-order chi connectivity index (χ1) is 6.12. The summed E-state index contributed by atoms with van der Waals surface area (Å²) in [6.45, 7) is 15.5. The van der Waals surface area contributed by atoms with Crippen LogP contribution in [0, 0.1) is 5.92 Å². The first-order valence-electron chi connectivity index (χ1n) is 5.40. The van der Waals surface area contributed by atoms with Crippen LogP contribution >= 0.6 is 0 Å². The van der Waals surface area contributed by atoms with E-state index in [1.54, 1.807) is 0 Å². The van der Waals surface area contributed by atoms with Gasteiger partial charge in [0.1, 0.15) is 0 Å². The van der Waals surface area contributed by atoms with Gasteiger partial charge in [-0.05, 0) is 25.1 Å². The van der Waals surface area contributed by atoms with Gasteiger partial charge in [0.05, 0.1) is 0 Å². The van der Waals surface area contributed by atoms with Crippen LogP contribution in [-0.2, 0) is 4.43 Å². The van der Waals surface area contributed by atoms with Crippen molar-refractivity contribution in [1.29, 1.82) is 0 Å². The van der Waals surface area contributed by atoms with E-state index in [-0.39, 0.29) is 23.7 Å². The summed E-state index contributed by atoms with van der Waals surface area (Å²) in [6.07, 6.45) is 0.154. The molecule has 0 heterocycles. The number of aliphatic hydroxyl groups is 1. The summed E-state index contributed by atoms with van der Waals surface area (Å²) in [5.41, 5.74) is 0. The zero-order chi connectivity index (χ0) is 11.6. The minimum atomic E-state index is -1.66. The summed E-state index contributed by atoms with van der Waals surface area (Å²) in [7, 11) is -1.66. The maximum atomic E-state index is 9.04. The number of rotatable bonds is 4. The fraction of sp³-hybridized carbons (Fsp3) is 1.00. The highest BCUT2D eigenvalue weighted by Gasteiger charge is 2.38. The highest BCUT2D eigenvalue weighted by atomic mass is 28.4. The molecule has 0 radical (unpaired) electrons. The second-order valence-corrected chi connectivity index (χ2v) is 10.5. The Labute approximate surface area is 89.8 Å². The normalized spacial score (nSPS) is 18.0. The molecule has 0 aromatic carbocycles. The van der Waals surface area contributed by atoms with Gasteiger partial charge in [-0.2, -0.15) is 0 Å². The van der Waals surface area contributed by atoms with Gasteiger partial charge in [0.15, 0.2) is 8.32 Å². The zero-order valence-electron chi connectivity index (χ0n) is 10.7. The van der Waals surface area contributed by atoms with E-state index in [1.807, 2.05) is 6.92 Å². The van der Waals surface area contributed by atoms with E-state index < -0.39 is 8.32 Å². The standard InChI is InChI=1S/C11H26O2Si/c1-9(8-12)10(2)13-14(6,7)11(3,4)5/h9-10,12H,8H2,1-7H3. The van der Waals surface area contributed by atoms with Gasteiger partial charge in [0, 0.05) is 18.6 Å². The molecule has 0 aromatic rings. The quantitative estimate of drug-likeness (QED) is 0.735. The van der Waals surface area contributed by atoms with E-state index in [9.17, 15) is 0 Å². The van der Waals surface area contributed by atoms with Crippen molar-refractivity contribution in [1.82, 2.24) is 0 Å². The zero-order valence-corrected chi connectivity index (χ0v) is 11.7. The predicted molar refractivity (Wildman–Crippen MR) is 64.0 cm³/mol. The Kier molecular flexibility index (Phi) is 4.82. The fourth-order valence-electron chi connectivity index (χ4n) is 0.906. The lowest BCUT2D eigenvalue weighted by Gasteiger charge is -2.39. The molecular formula is C11H26O2Si. The monoisotopic (exact) mass is 218 g/mol. The third kappa shape index (κ3) is 3.71. The SMILES string of the molecule is CC(CO)C(C)O[Si](C)(C)C(C)(C)C. The minimum Gasteiger partial charge on any atom is -0.414 e. The molecule has 2 atom stereocenters. The Morgan fingerprint density at radius 2 is 1.64 bits per heavy atom. The molecule has 0 saturated carbocycles. The molecule has 14 heavy (non-hydrogen) atoms. The van der Waals surface area contributed by atoms with Crippen molar-refractivity contribution in [2.24, 2.45) is 5.92 Å². The van der Waals surface area contributed by atoms with Gasteiger partial charge in [-0.25, -0.2) is 0 Å². The maximum absolute atomic E-state index is 9.04. The molecule has 1 N–H and O–H groups in total. The fourth-order valence-corrected chi connectivity index (χ4v) is 2.42. The number of aliphatic hydroxyl groups excluding tert-OH is 1. The largest absolute Gasteiger partial charge is 0.414 e. The van der Waals surface area contributed by atoms with Crippen molar-refractivity contribution in [3.8, 4) is 0 Å². The van der Waals surface area contributed by atoms with Crippen LogP contribution in [0.5, 0.6) is 0 Å². The molecule has 0 aliphatic rings. The summed E-state index contributed by atoms with van der Waals surface area (Å²) in [5, 5.41) is 9.29. The van der Waals surface area contributed by atoms with E-state index in [4.69, 9.17) is 9.53 Å². The van der Waals surface area contributed by atoms with Crippen LogP contribution in [-0.4, -0.2) is 26.1 Å². The molecular weight excluding hydrogens is 192 g/mol. The van der Waals surface area contributed by atoms with Crippen LogP contribution in [0.15, 0.2) is 0 Å². The van der Waals surface area contributed by atoms with E-state index >= 15 is 0 Å². The maximum Gasteiger partial charge on any atom is 0.192 e. The van der Waals surface area contributed by atoms with Crippen molar-refractivity contribution < 1.29 is 9.53 Å². The average Bonchev–Trinajstić information content (AvgIpc) is 2.00. The lowest BCUT2D eigenvalue weighted by molar-refractivity contribution is 0.0984. The Bertz CT molecular complexity index is 173.